The Kier molecular flexibility index (Phi) is 3.54. The van der Waals surface area contributed by atoms with Crippen LogP contribution in [-0.4, -0.2) is 12.1 Å². The highest BCUT2D eigenvalue weighted by Crippen LogP contribution is 2.25. The van der Waals surface area contributed by atoms with Gasteiger partial charge in [0.25, 0.3) is 0 Å². The lowest BCUT2D eigenvalue weighted by molar-refractivity contribution is 0.397. The van der Waals surface area contributed by atoms with Gasteiger partial charge in [0.2, 0.25) is 5.88 Å². The molecule has 0 aliphatic heterocycles. The Balaban J connectivity index is 2.53. The number of benzene rings is 1. The molecule has 1 heterocycles. The van der Waals surface area contributed by atoms with E-state index in [1.807, 2.05) is 6.07 Å². The second-order valence-corrected chi connectivity index (χ2v) is 3.69. The summed E-state index contributed by atoms with van der Waals surface area (Å²) in [5.74, 6) is 0.131. The number of rotatable bonds is 3. The smallest absolute Gasteiger partial charge is 0.213 e. The van der Waals surface area contributed by atoms with Gasteiger partial charge in [-0.25, -0.2) is 9.37 Å². The number of nitrogens with zero attached hydrogens (tertiary/aromatic N) is 2. The lowest BCUT2D eigenvalue weighted by atomic mass is 10.0. The van der Waals surface area contributed by atoms with Crippen molar-refractivity contribution in [2.24, 2.45) is 0 Å². The molecule has 0 atom stereocenters. The lowest BCUT2D eigenvalue weighted by Crippen LogP contribution is -1.96. The van der Waals surface area contributed by atoms with Crippen LogP contribution in [0.3, 0.4) is 0 Å². The first-order valence-electron chi connectivity index (χ1n) is 5.41. The number of hydrogen-bond acceptors (Lipinski definition) is 3. The minimum atomic E-state index is -0.314. The molecule has 1 aromatic heterocycles. The molecule has 0 radical (unpaired) electrons. The van der Waals surface area contributed by atoms with E-state index in [9.17, 15) is 4.39 Å². The standard InChI is InChI=1S/C14H11FN2O/c1-18-14-6-5-12(13(17-14)7-8-16)10-3-2-4-11(15)9-10/h2-6,9H,7H2,1H3. The first kappa shape index (κ1) is 12.1. The molecule has 0 aliphatic carbocycles. The second kappa shape index (κ2) is 5.28. The van der Waals surface area contributed by atoms with Gasteiger partial charge in [0.05, 0.1) is 25.3 Å². The van der Waals surface area contributed by atoms with Gasteiger partial charge >= 0.3 is 0 Å². The Morgan fingerprint density at radius 1 is 1.33 bits per heavy atom. The summed E-state index contributed by atoms with van der Waals surface area (Å²) < 4.78 is 18.2. The Hall–Kier alpha value is -2.41. The normalized spacial score (nSPS) is 9.83. The summed E-state index contributed by atoms with van der Waals surface area (Å²) in [7, 11) is 1.51. The monoisotopic (exact) mass is 242 g/mol. The Morgan fingerprint density at radius 2 is 2.17 bits per heavy atom. The Labute approximate surface area is 104 Å². The molecule has 0 saturated heterocycles. The number of halogens is 1. The fraction of sp³-hybridized carbons (Fsp3) is 0.143. The van der Waals surface area contributed by atoms with E-state index in [1.165, 1.54) is 19.2 Å². The zero-order valence-electron chi connectivity index (χ0n) is 9.85. The van der Waals surface area contributed by atoms with Gasteiger partial charge in [-0.2, -0.15) is 5.26 Å². The molecular formula is C14H11FN2O. The van der Waals surface area contributed by atoms with E-state index in [0.29, 0.717) is 17.1 Å². The molecule has 3 nitrogen and oxygen atoms in total. The van der Waals surface area contributed by atoms with Gasteiger partial charge in [-0.1, -0.05) is 12.1 Å². The van der Waals surface area contributed by atoms with Gasteiger partial charge in [-0.15, -0.1) is 0 Å². The van der Waals surface area contributed by atoms with Gasteiger partial charge in [-0.3, -0.25) is 0 Å². The number of aromatic nitrogens is 1. The molecule has 4 heteroatoms. The molecule has 2 aromatic rings. The number of methoxy groups -OCH3 is 1. The van der Waals surface area contributed by atoms with Crippen LogP contribution in [0.25, 0.3) is 11.1 Å². The molecular weight excluding hydrogens is 231 g/mol. The van der Waals surface area contributed by atoms with Crippen LogP contribution in [0.4, 0.5) is 4.39 Å². The van der Waals surface area contributed by atoms with Crippen LogP contribution in [0.2, 0.25) is 0 Å². The minimum Gasteiger partial charge on any atom is -0.481 e. The topological polar surface area (TPSA) is 45.9 Å². The summed E-state index contributed by atoms with van der Waals surface area (Å²) in [5, 5.41) is 8.80. The molecule has 0 fully saturated rings. The summed E-state index contributed by atoms with van der Waals surface area (Å²) in [5.41, 5.74) is 2.04. The molecule has 1 aromatic carbocycles. The predicted octanol–water partition coefficient (Wildman–Crippen LogP) is 2.96. The van der Waals surface area contributed by atoms with Crippen molar-refractivity contribution in [3.05, 3.63) is 47.9 Å². The van der Waals surface area contributed by atoms with Crippen molar-refractivity contribution in [1.82, 2.24) is 4.98 Å². The fourth-order valence-corrected chi connectivity index (χ4v) is 1.72. The van der Waals surface area contributed by atoms with Crippen LogP contribution >= 0.6 is 0 Å². The molecule has 0 amide bonds. The minimum absolute atomic E-state index is 0.156. The predicted molar refractivity (Wildman–Crippen MR) is 65.5 cm³/mol. The summed E-state index contributed by atoms with van der Waals surface area (Å²) in [6.07, 6.45) is 0.156. The van der Waals surface area contributed by atoms with E-state index >= 15 is 0 Å². The van der Waals surface area contributed by atoms with Gasteiger partial charge in [-0.05, 0) is 23.8 Å². The van der Waals surface area contributed by atoms with E-state index in [0.717, 1.165) is 5.56 Å². The van der Waals surface area contributed by atoms with Crippen LogP contribution in [0, 0.1) is 17.1 Å². The molecule has 0 spiro atoms. The highest BCUT2D eigenvalue weighted by molar-refractivity contribution is 5.66. The second-order valence-electron chi connectivity index (χ2n) is 3.69. The Bertz CT molecular complexity index is 605. The third-order valence-electron chi connectivity index (χ3n) is 2.54. The zero-order valence-corrected chi connectivity index (χ0v) is 9.85. The van der Waals surface area contributed by atoms with Gasteiger partial charge in [0, 0.05) is 11.6 Å². The molecule has 0 bridgehead atoms. The van der Waals surface area contributed by atoms with Crippen molar-refractivity contribution in [3.63, 3.8) is 0 Å². The van der Waals surface area contributed by atoms with Crippen molar-refractivity contribution >= 4 is 0 Å². The van der Waals surface area contributed by atoms with Gasteiger partial charge in [0.15, 0.2) is 0 Å². The summed E-state index contributed by atoms with van der Waals surface area (Å²) >= 11 is 0. The van der Waals surface area contributed by atoms with Crippen molar-refractivity contribution in [3.8, 4) is 23.1 Å². The first-order chi connectivity index (χ1) is 8.74. The van der Waals surface area contributed by atoms with Gasteiger partial charge < -0.3 is 4.74 Å². The molecule has 0 aliphatic rings. The third-order valence-corrected chi connectivity index (χ3v) is 2.54. The van der Waals surface area contributed by atoms with Crippen molar-refractivity contribution in [1.29, 1.82) is 5.26 Å². The van der Waals surface area contributed by atoms with Crippen molar-refractivity contribution < 1.29 is 9.13 Å². The first-order valence-corrected chi connectivity index (χ1v) is 5.41. The van der Waals surface area contributed by atoms with Crippen LogP contribution in [0.5, 0.6) is 5.88 Å². The fourth-order valence-electron chi connectivity index (χ4n) is 1.72. The van der Waals surface area contributed by atoms with Gasteiger partial charge in [0.1, 0.15) is 5.82 Å². The molecule has 0 N–H and O–H groups in total. The quantitative estimate of drug-likeness (QED) is 0.831. The summed E-state index contributed by atoms with van der Waals surface area (Å²) in [4.78, 5) is 4.22. The third kappa shape index (κ3) is 2.46. The molecule has 0 unspecified atom stereocenters. The summed E-state index contributed by atoms with van der Waals surface area (Å²) in [6, 6.07) is 11.7. The molecule has 0 saturated carbocycles. The number of pyridine rings is 1. The van der Waals surface area contributed by atoms with E-state index < -0.39 is 0 Å². The van der Waals surface area contributed by atoms with E-state index in [-0.39, 0.29) is 12.2 Å². The van der Waals surface area contributed by atoms with Crippen LogP contribution in [-0.2, 0) is 6.42 Å². The lowest BCUT2D eigenvalue weighted by Gasteiger charge is -2.08. The molecule has 2 rings (SSSR count). The zero-order chi connectivity index (χ0) is 13.0. The number of nitriles is 1. The highest BCUT2D eigenvalue weighted by Gasteiger charge is 2.09. The number of ether oxygens (including phenoxy) is 1. The SMILES string of the molecule is COc1ccc(-c2cccc(F)c2)c(CC#N)n1. The largest absolute Gasteiger partial charge is 0.481 e. The Morgan fingerprint density at radius 3 is 2.83 bits per heavy atom. The number of hydrogen-bond donors (Lipinski definition) is 0. The van der Waals surface area contributed by atoms with Crippen LogP contribution in [0.15, 0.2) is 36.4 Å². The van der Waals surface area contributed by atoms with Crippen LogP contribution in [0.1, 0.15) is 5.69 Å². The van der Waals surface area contributed by atoms with E-state index in [4.69, 9.17) is 10.00 Å². The summed E-state index contributed by atoms with van der Waals surface area (Å²) in [6.45, 7) is 0. The maximum atomic E-state index is 13.2. The van der Waals surface area contributed by atoms with E-state index in [1.54, 1.807) is 24.3 Å². The van der Waals surface area contributed by atoms with Crippen LogP contribution < -0.4 is 4.74 Å². The molecule has 90 valence electrons. The average Bonchev–Trinajstić information content (AvgIpc) is 2.39. The van der Waals surface area contributed by atoms with Crippen molar-refractivity contribution in [2.45, 2.75) is 6.42 Å². The maximum absolute atomic E-state index is 13.2. The van der Waals surface area contributed by atoms with E-state index in [2.05, 4.69) is 4.98 Å². The highest BCUT2D eigenvalue weighted by atomic mass is 19.1. The maximum Gasteiger partial charge on any atom is 0.213 e. The average molecular weight is 242 g/mol. The van der Waals surface area contributed by atoms with Crippen molar-refractivity contribution in [2.75, 3.05) is 7.11 Å². The molecule has 18 heavy (non-hydrogen) atoms.